The second-order valence-electron chi connectivity index (χ2n) is 4.75. The van der Waals surface area contributed by atoms with Crippen LogP contribution >= 0.6 is 0 Å². The molecule has 5 heteroatoms. The number of aliphatic carboxylic acids is 1. The summed E-state index contributed by atoms with van der Waals surface area (Å²) in [5, 5.41) is 21.0. The third kappa shape index (κ3) is 4.96. The van der Waals surface area contributed by atoms with E-state index in [0.29, 0.717) is 12.0 Å². The lowest BCUT2D eigenvalue weighted by Crippen LogP contribution is -2.17. The van der Waals surface area contributed by atoms with Crippen molar-refractivity contribution in [2.45, 2.75) is 39.2 Å². The Morgan fingerprint density at radius 1 is 1.53 bits per heavy atom. The van der Waals surface area contributed by atoms with Gasteiger partial charge in [-0.2, -0.15) is 5.26 Å². The Morgan fingerprint density at radius 2 is 2.26 bits per heavy atom. The topological polar surface area (TPSA) is 86.0 Å². The van der Waals surface area contributed by atoms with E-state index in [2.05, 4.69) is 16.4 Å². The molecule has 1 aromatic rings. The average Bonchev–Trinajstić information content (AvgIpc) is 2.39. The Bertz CT molecular complexity index is 468. The van der Waals surface area contributed by atoms with E-state index in [1.165, 1.54) is 0 Å². The molecule has 0 amide bonds. The second kappa shape index (κ2) is 7.37. The lowest BCUT2D eigenvalue weighted by Gasteiger charge is -2.16. The summed E-state index contributed by atoms with van der Waals surface area (Å²) in [6.45, 7) is 3.73. The normalized spacial score (nSPS) is 13.3. The maximum Gasteiger partial charge on any atom is 0.306 e. The molecule has 0 aliphatic rings. The van der Waals surface area contributed by atoms with Crippen molar-refractivity contribution in [1.29, 1.82) is 5.26 Å². The molecule has 2 atom stereocenters. The summed E-state index contributed by atoms with van der Waals surface area (Å²) in [6, 6.07) is 3.96. The van der Waals surface area contributed by atoms with E-state index in [1.54, 1.807) is 25.4 Å². The van der Waals surface area contributed by atoms with Crippen molar-refractivity contribution >= 4 is 11.7 Å². The van der Waals surface area contributed by atoms with Gasteiger partial charge in [-0.3, -0.25) is 9.78 Å². The summed E-state index contributed by atoms with van der Waals surface area (Å²) in [4.78, 5) is 14.7. The van der Waals surface area contributed by atoms with Gasteiger partial charge < -0.3 is 10.4 Å². The molecule has 5 nitrogen and oxygen atoms in total. The third-order valence-electron chi connectivity index (χ3n) is 3.04. The number of carboxylic acids is 1. The number of aromatic nitrogens is 1. The van der Waals surface area contributed by atoms with Crippen molar-refractivity contribution in [2.24, 2.45) is 5.92 Å². The Hall–Kier alpha value is -2.09. The molecular formula is C14H19N3O2. The molecule has 0 fully saturated rings. The molecule has 0 spiro atoms. The number of carboxylic acid groups (broad SMARTS) is 1. The Morgan fingerprint density at radius 3 is 2.89 bits per heavy atom. The quantitative estimate of drug-likeness (QED) is 0.788. The van der Waals surface area contributed by atoms with Crippen molar-refractivity contribution in [3.05, 3.63) is 24.0 Å². The van der Waals surface area contributed by atoms with Gasteiger partial charge in [0.05, 0.1) is 23.4 Å². The lowest BCUT2D eigenvalue weighted by atomic mass is 10.0. The first-order valence-corrected chi connectivity index (χ1v) is 6.38. The first-order chi connectivity index (χ1) is 9.04. The minimum Gasteiger partial charge on any atom is -0.481 e. The maximum absolute atomic E-state index is 10.7. The highest BCUT2D eigenvalue weighted by molar-refractivity contribution is 5.69. The standard InChI is InChI=1S/C14H19N3O2/c1-10(14(18)19)4-3-5-11(2)17-13-9-16-7-6-12(13)8-15/h6-7,9-11,17H,3-5H2,1-2H3,(H,18,19). The predicted molar refractivity (Wildman–Crippen MR) is 72.7 cm³/mol. The van der Waals surface area contributed by atoms with E-state index in [4.69, 9.17) is 10.4 Å². The molecule has 0 saturated carbocycles. The van der Waals surface area contributed by atoms with Gasteiger partial charge in [0.1, 0.15) is 6.07 Å². The summed E-state index contributed by atoms with van der Waals surface area (Å²) < 4.78 is 0. The highest BCUT2D eigenvalue weighted by atomic mass is 16.4. The fourth-order valence-corrected chi connectivity index (χ4v) is 1.80. The summed E-state index contributed by atoms with van der Waals surface area (Å²) in [5.41, 5.74) is 1.30. The fraction of sp³-hybridized carbons (Fsp3) is 0.500. The molecule has 1 heterocycles. The average molecular weight is 261 g/mol. The highest BCUT2D eigenvalue weighted by Crippen LogP contribution is 2.16. The smallest absolute Gasteiger partial charge is 0.306 e. The largest absolute Gasteiger partial charge is 0.481 e. The van der Waals surface area contributed by atoms with Crippen LogP contribution in [0.3, 0.4) is 0 Å². The van der Waals surface area contributed by atoms with Crippen molar-refractivity contribution in [2.75, 3.05) is 5.32 Å². The van der Waals surface area contributed by atoms with E-state index in [1.807, 2.05) is 6.92 Å². The molecular weight excluding hydrogens is 242 g/mol. The van der Waals surface area contributed by atoms with Gasteiger partial charge >= 0.3 is 5.97 Å². The van der Waals surface area contributed by atoms with Crippen LogP contribution in [-0.4, -0.2) is 22.1 Å². The number of hydrogen-bond acceptors (Lipinski definition) is 4. The number of pyridine rings is 1. The van der Waals surface area contributed by atoms with Gasteiger partial charge in [-0.25, -0.2) is 0 Å². The molecule has 0 radical (unpaired) electrons. The van der Waals surface area contributed by atoms with Gasteiger partial charge in [-0.1, -0.05) is 13.3 Å². The number of nitrogens with one attached hydrogen (secondary N) is 1. The van der Waals surface area contributed by atoms with E-state index < -0.39 is 5.97 Å². The molecule has 2 N–H and O–H groups in total. The lowest BCUT2D eigenvalue weighted by molar-refractivity contribution is -0.141. The minimum atomic E-state index is -0.750. The molecule has 1 rings (SSSR count). The van der Waals surface area contributed by atoms with Gasteiger partial charge in [0, 0.05) is 12.2 Å². The number of anilines is 1. The Kier molecular flexibility index (Phi) is 5.80. The van der Waals surface area contributed by atoms with Crippen LogP contribution < -0.4 is 5.32 Å². The fourth-order valence-electron chi connectivity index (χ4n) is 1.80. The summed E-state index contributed by atoms with van der Waals surface area (Å²) in [6.07, 6.45) is 5.58. The Labute approximate surface area is 113 Å². The van der Waals surface area contributed by atoms with Crippen molar-refractivity contribution < 1.29 is 9.90 Å². The third-order valence-corrected chi connectivity index (χ3v) is 3.04. The molecule has 0 aliphatic heterocycles. The molecule has 0 aromatic carbocycles. The minimum absolute atomic E-state index is 0.178. The highest BCUT2D eigenvalue weighted by Gasteiger charge is 2.11. The molecule has 102 valence electrons. The maximum atomic E-state index is 10.7. The SMILES string of the molecule is CC(CCCC(C)C(=O)O)Nc1cnccc1C#N. The van der Waals surface area contributed by atoms with Crippen LogP contribution in [0.15, 0.2) is 18.5 Å². The van der Waals surface area contributed by atoms with E-state index in [9.17, 15) is 4.79 Å². The predicted octanol–water partition coefficient (Wildman–Crippen LogP) is 2.64. The van der Waals surface area contributed by atoms with Gasteiger partial charge in [0.25, 0.3) is 0 Å². The van der Waals surface area contributed by atoms with Crippen LogP contribution in [0.2, 0.25) is 0 Å². The summed E-state index contributed by atoms with van der Waals surface area (Å²) >= 11 is 0. The first-order valence-electron chi connectivity index (χ1n) is 6.38. The number of nitriles is 1. The molecule has 0 saturated heterocycles. The van der Waals surface area contributed by atoms with Gasteiger partial charge in [0.2, 0.25) is 0 Å². The van der Waals surface area contributed by atoms with Crippen LogP contribution in [-0.2, 0) is 4.79 Å². The first kappa shape index (κ1) is 15.0. The van der Waals surface area contributed by atoms with Gasteiger partial charge in [0.15, 0.2) is 0 Å². The van der Waals surface area contributed by atoms with Crippen molar-refractivity contribution in [1.82, 2.24) is 4.98 Å². The molecule has 2 unspecified atom stereocenters. The molecule has 1 aromatic heterocycles. The monoisotopic (exact) mass is 261 g/mol. The molecule has 0 aliphatic carbocycles. The Balaban J connectivity index is 2.41. The van der Waals surface area contributed by atoms with Crippen LogP contribution in [0.4, 0.5) is 5.69 Å². The zero-order chi connectivity index (χ0) is 14.3. The van der Waals surface area contributed by atoms with E-state index in [-0.39, 0.29) is 12.0 Å². The van der Waals surface area contributed by atoms with Gasteiger partial charge in [-0.15, -0.1) is 0 Å². The van der Waals surface area contributed by atoms with Crippen LogP contribution in [0.1, 0.15) is 38.7 Å². The number of nitrogens with zero attached hydrogens (tertiary/aromatic N) is 2. The second-order valence-corrected chi connectivity index (χ2v) is 4.75. The summed E-state index contributed by atoms with van der Waals surface area (Å²) in [5.74, 6) is -1.06. The molecule has 19 heavy (non-hydrogen) atoms. The number of rotatable bonds is 7. The van der Waals surface area contributed by atoms with Crippen molar-refractivity contribution in [3.63, 3.8) is 0 Å². The van der Waals surface area contributed by atoms with Crippen LogP contribution in [0.5, 0.6) is 0 Å². The number of carbonyl (C=O) groups is 1. The van der Waals surface area contributed by atoms with Crippen LogP contribution in [0, 0.1) is 17.2 Å². The summed E-state index contributed by atoms with van der Waals surface area (Å²) in [7, 11) is 0. The van der Waals surface area contributed by atoms with E-state index in [0.717, 1.165) is 18.5 Å². The number of hydrogen-bond donors (Lipinski definition) is 2. The van der Waals surface area contributed by atoms with E-state index >= 15 is 0 Å². The van der Waals surface area contributed by atoms with Gasteiger partial charge in [-0.05, 0) is 25.8 Å². The molecule has 0 bridgehead atoms. The van der Waals surface area contributed by atoms with Crippen molar-refractivity contribution in [3.8, 4) is 6.07 Å². The zero-order valence-electron chi connectivity index (χ0n) is 11.3. The zero-order valence-corrected chi connectivity index (χ0v) is 11.3. The van der Waals surface area contributed by atoms with Crippen LogP contribution in [0.25, 0.3) is 0 Å².